The van der Waals surface area contributed by atoms with Gasteiger partial charge in [0.25, 0.3) is 0 Å². The minimum Gasteiger partial charge on any atom is -0.445 e. The molecule has 126 valence electrons. The SMILES string of the molecule is CC(C)(C)c1cnc(CCC(=O)Nc2nc3ccc(F)cn3n2)o1. The smallest absolute Gasteiger partial charge is 0.249 e. The van der Waals surface area contributed by atoms with Gasteiger partial charge in [-0.15, -0.1) is 5.10 Å². The Morgan fingerprint density at radius 1 is 1.38 bits per heavy atom. The van der Waals surface area contributed by atoms with Gasteiger partial charge in [-0.25, -0.2) is 13.9 Å². The minimum atomic E-state index is -0.427. The van der Waals surface area contributed by atoms with Crippen LogP contribution in [0.25, 0.3) is 5.65 Å². The summed E-state index contributed by atoms with van der Waals surface area (Å²) in [5.74, 6) is 0.737. The van der Waals surface area contributed by atoms with Gasteiger partial charge in [0.15, 0.2) is 11.5 Å². The number of nitrogens with one attached hydrogen (secondary N) is 1. The van der Waals surface area contributed by atoms with Crippen LogP contribution in [0.4, 0.5) is 10.3 Å². The molecule has 3 rings (SSSR count). The number of halogens is 1. The fraction of sp³-hybridized carbons (Fsp3) is 0.375. The van der Waals surface area contributed by atoms with Crippen molar-refractivity contribution < 1.29 is 13.6 Å². The monoisotopic (exact) mass is 331 g/mol. The van der Waals surface area contributed by atoms with Crippen LogP contribution in [0.2, 0.25) is 0 Å². The first-order valence-electron chi connectivity index (χ1n) is 7.58. The molecule has 7 nitrogen and oxygen atoms in total. The molecule has 0 atom stereocenters. The van der Waals surface area contributed by atoms with Gasteiger partial charge in [0, 0.05) is 18.3 Å². The minimum absolute atomic E-state index is 0.122. The molecule has 1 amide bonds. The van der Waals surface area contributed by atoms with Crippen molar-refractivity contribution >= 4 is 17.5 Å². The van der Waals surface area contributed by atoms with E-state index in [-0.39, 0.29) is 23.7 Å². The highest BCUT2D eigenvalue weighted by molar-refractivity contribution is 5.89. The lowest BCUT2D eigenvalue weighted by molar-refractivity contribution is -0.116. The van der Waals surface area contributed by atoms with Crippen molar-refractivity contribution in [3.05, 3.63) is 42.0 Å². The Balaban J connectivity index is 1.59. The third kappa shape index (κ3) is 3.58. The fourth-order valence-electron chi connectivity index (χ4n) is 2.09. The second-order valence-electron chi connectivity index (χ2n) is 6.50. The van der Waals surface area contributed by atoms with Crippen LogP contribution in [0.3, 0.4) is 0 Å². The van der Waals surface area contributed by atoms with Gasteiger partial charge in [-0.05, 0) is 12.1 Å². The molecule has 0 saturated heterocycles. The molecule has 0 saturated carbocycles. The van der Waals surface area contributed by atoms with Crippen molar-refractivity contribution in [2.45, 2.75) is 39.0 Å². The molecular formula is C16H18FN5O2. The zero-order valence-corrected chi connectivity index (χ0v) is 13.7. The van der Waals surface area contributed by atoms with Gasteiger partial charge in [-0.2, -0.15) is 4.98 Å². The highest BCUT2D eigenvalue weighted by Gasteiger charge is 2.19. The van der Waals surface area contributed by atoms with Crippen LogP contribution >= 0.6 is 0 Å². The maximum Gasteiger partial charge on any atom is 0.249 e. The molecule has 3 heterocycles. The summed E-state index contributed by atoms with van der Waals surface area (Å²) < 4.78 is 20.0. The highest BCUT2D eigenvalue weighted by Crippen LogP contribution is 2.23. The number of fused-ring (bicyclic) bond motifs is 1. The fourth-order valence-corrected chi connectivity index (χ4v) is 2.09. The van der Waals surface area contributed by atoms with E-state index in [0.717, 1.165) is 5.76 Å². The average Bonchev–Trinajstić information content (AvgIpc) is 3.10. The number of hydrogen-bond donors (Lipinski definition) is 1. The maximum atomic E-state index is 13.1. The number of amides is 1. The van der Waals surface area contributed by atoms with Gasteiger partial charge in [-0.1, -0.05) is 20.8 Å². The number of pyridine rings is 1. The van der Waals surface area contributed by atoms with Crippen LogP contribution in [0.5, 0.6) is 0 Å². The highest BCUT2D eigenvalue weighted by atomic mass is 19.1. The summed E-state index contributed by atoms with van der Waals surface area (Å²) in [4.78, 5) is 20.3. The Morgan fingerprint density at radius 2 is 2.17 bits per heavy atom. The second kappa shape index (κ2) is 6.03. The molecular weight excluding hydrogens is 313 g/mol. The summed E-state index contributed by atoms with van der Waals surface area (Å²) in [6, 6.07) is 2.77. The summed E-state index contributed by atoms with van der Waals surface area (Å²) in [7, 11) is 0. The van der Waals surface area contributed by atoms with E-state index >= 15 is 0 Å². The lowest BCUT2D eigenvalue weighted by atomic mass is 9.94. The van der Waals surface area contributed by atoms with Gasteiger partial charge >= 0.3 is 0 Å². The van der Waals surface area contributed by atoms with Crippen LogP contribution in [0.1, 0.15) is 38.8 Å². The van der Waals surface area contributed by atoms with E-state index in [1.165, 1.54) is 22.8 Å². The Morgan fingerprint density at radius 3 is 2.88 bits per heavy atom. The van der Waals surface area contributed by atoms with E-state index in [1.54, 1.807) is 6.20 Å². The standard InChI is InChI=1S/C16H18FN5O2/c1-16(2,3)11-8-18-14(24-11)7-6-13(23)20-15-19-12-5-4-10(17)9-22(12)21-15/h4-5,8-9H,6-7H2,1-3H3,(H,20,21,23). The van der Waals surface area contributed by atoms with Crippen LogP contribution in [0, 0.1) is 5.82 Å². The first-order chi connectivity index (χ1) is 11.3. The normalized spacial score (nSPS) is 11.8. The van der Waals surface area contributed by atoms with Crippen LogP contribution < -0.4 is 5.32 Å². The van der Waals surface area contributed by atoms with Crippen molar-refractivity contribution in [2.24, 2.45) is 0 Å². The largest absolute Gasteiger partial charge is 0.445 e. The predicted molar refractivity (Wildman–Crippen MR) is 85.1 cm³/mol. The first-order valence-corrected chi connectivity index (χ1v) is 7.58. The van der Waals surface area contributed by atoms with E-state index < -0.39 is 5.82 Å². The third-order valence-electron chi connectivity index (χ3n) is 3.40. The number of hydrogen-bond acceptors (Lipinski definition) is 5. The molecule has 0 bridgehead atoms. The molecule has 0 unspecified atom stereocenters. The lowest BCUT2D eigenvalue weighted by Crippen LogP contribution is -2.13. The lowest BCUT2D eigenvalue weighted by Gasteiger charge is -2.13. The molecule has 0 aliphatic heterocycles. The molecule has 0 radical (unpaired) electrons. The van der Waals surface area contributed by atoms with Gasteiger partial charge < -0.3 is 4.42 Å². The van der Waals surface area contributed by atoms with E-state index in [4.69, 9.17) is 4.42 Å². The molecule has 24 heavy (non-hydrogen) atoms. The number of aromatic nitrogens is 4. The third-order valence-corrected chi connectivity index (χ3v) is 3.40. The summed E-state index contributed by atoms with van der Waals surface area (Å²) in [6.45, 7) is 6.09. The van der Waals surface area contributed by atoms with Crippen molar-refractivity contribution in [3.8, 4) is 0 Å². The summed E-state index contributed by atoms with van der Waals surface area (Å²) >= 11 is 0. The van der Waals surface area contributed by atoms with Gasteiger partial charge in [0.2, 0.25) is 11.9 Å². The van der Waals surface area contributed by atoms with Crippen LogP contribution in [-0.4, -0.2) is 25.5 Å². The van der Waals surface area contributed by atoms with Gasteiger partial charge in [-0.3, -0.25) is 10.1 Å². The van der Waals surface area contributed by atoms with Crippen molar-refractivity contribution in [1.82, 2.24) is 19.6 Å². The number of carbonyl (C=O) groups is 1. The summed E-state index contributed by atoms with van der Waals surface area (Å²) in [6.07, 6.45) is 3.45. The van der Waals surface area contributed by atoms with E-state index in [9.17, 15) is 9.18 Å². The Labute approximate surface area is 137 Å². The first kappa shape index (κ1) is 16.1. The summed E-state index contributed by atoms with van der Waals surface area (Å²) in [5.41, 5.74) is 0.331. The predicted octanol–water partition coefficient (Wildman–Crippen LogP) is 2.73. The topological polar surface area (TPSA) is 85.3 Å². The molecule has 0 aromatic carbocycles. The number of carbonyl (C=O) groups excluding carboxylic acids is 1. The van der Waals surface area contributed by atoms with E-state index in [2.05, 4.69) is 20.4 Å². The summed E-state index contributed by atoms with van der Waals surface area (Å²) in [5, 5.41) is 6.58. The van der Waals surface area contributed by atoms with E-state index in [0.29, 0.717) is 18.0 Å². The zero-order valence-electron chi connectivity index (χ0n) is 13.7. The number of nitrogens with zero attached hydrogens (tertiary/aromatic N) is 4. The van der Waals surface area contributed by atoms with Crippen LogP contribution in [0.15, 0.2) is 28.9 Å². The van der Waals surface area contributed by atoms with Crippen LogP contribution in [-0.2, 0) is 16.6 Å². The zero-order chi connectivity index (χ0) is 17.3. The number of rotatable bonds is 4. The second-order valence-corrected chi connectivity index (χ2v) is 6.50. The number of aryl methyl sites for hydroxylation is 1. The van der Waals surface area contributed by atoms with Crippen molar-refractivity contribution in [1.29, 1.82) is 0 Å². The Bertz CT molecular complexity index is 878. The van der Waals surface area contributed by atoms with Crippen molar-refractivity contribution in [3.63, 3.8) is 0 Å². The van der Waals surface area contributed by atoms with Gasteiger partial charge in [0.1, 0.15) is 11.6 Å². The average molecular weight is 331 g/mol. The maximum absolute atomic E-state index is 13.1. The number of oxazole rings is 1. The molecule has 1 N–H and O–H groups in total. The Hall–Kier alpha value is -2.77. The molecule has 8 heteroatoms. The Kier molecular flexibility index (Phi) is 4.04. The van der Waals surface area contributed by atoms with Crippen molar-refractivity contribution in [2.75, 3.05) is 5.32 Å². The molecule has 0 aliphatic carbocycles. The number of anilines is 1. The molecule has 0 spiro atoms. The van der Waals surface area contributed by atoms with E-state index in [1.807, 2.05) is 20.8 Å². The van der Waals surface area contributed by atoms with Gasteiger partial charge in [0.05, 0.1) is 12.4 Å². The molecule has 0 fully saturated rings. The molecule has 0 aliphatic rings. The quantitative estimate of drug-likeness (QED) is 0.794. The molecule has 3 aromatic rings. The molecule has 3 aromatic heterocycles.